The molecule has 7 nitrogen and oxygen atoms in total. The number of carbonyl (C=O) groups excluding carboxylic acids is 2. The number of anilines is 1. The number of rotatable bonds is 3. The summed E-state index contributed by atoms with van der Waals surface area (Å²) >= 11 is 0. The van der Waals surface area contributed by atoms with Gasteiger partial charge in [0, 0.05) is 31.1 Å². The Labute approximate surface area is 139 Å². The van der Waals surface area contributed by atoms with Gasteiger partial charge in [-0.15, -0.1) is 10.2 Å². The number of aryl methyl sites for hydroxylation is 2. The van der Waals surface area contributed by atoms with Gasteiger partial charge < -0.3 is 15.2 Å². The van der Waals surface area contributed by atoms with Gasteiger partial charge in [-0.05, 0) is 25.0 Å². The van der Waals surface area contributed by atoms with Gasteiger partial charge in [0.15, 0.2) is 0 Å². The van der Waals surface area contributed by atoms with Crippen molar-refractivity contribution in [2.75, 3.05) is 5.32 Å². The van der Waals surface area contributed by atoms with Gasteiger partial charge in [0.1, 0.15) is 11.6 Å². The number of hydrogen-bond acceptors (Lipinski definition) is 4. The molecule has 2 aliphatic rings. The Hall–Kier alpha value is -2.70. The quantitative estimate of drug-likeness (QED) is 0.886. The standard InChI is InChI=1S/C17H19N5O2/c1-10-20-21-15-7-6-11(9-22(10)15)18-16(23)8-13-12-4-2-3-5-14(12)19-17(13)24/h2-5,11,13H,6-9H2,1H3,(H,18,23)(H,19,24)/t11-,13-/m1/s1. The van der Waals surface area contributed by atoms with Crippen LogP contribution in [0.2, 0.25) is 0 Å². The largest absolute Gasteiger partial charge is 0.352 e. The summed E-state index contributed by atoms with van der Waals surface area (Å²) in [4.78, 5) is 24.5. The van der Waals surface area contributed by atoms with Gasteiger partial charge >= 0.3 is 0 Å². The van der Waals surface area contributed by atoms with Crippen molar-refractivity contribution in [2.45, 2.75) is 44.7 Å². The number of nitrogens with one attached hydrogen (secondary N) is 2. The number of nitrogens with zero attached hydrogens (tertiary/aromatic N) is 3. The average Bonchev–Trinajstić information content (AvgIpc) is 3.09. The number of benzene rings is 1. The first-order chi connectivity index (χ1) is 11.6. The van der Waals surface area contributed by atoms with Crippen molar-refractivity contribution in [3.63, 3.8) is 0 Å². The summed E-state index contributed by atoms with van der Waals surface area (Å²) in [6.07, 6.45) is 1.82. The van der Waals surface area contributed by atoms with Crippen molar-refractivity contribution in [2.24, 2.45) is 0 Å². The molecule has 1 aromatic heterocycles. The van der Waals surface area contributed by atoms with Crippen molar-refractivity contribution < 1.29 is 9.59 Å². The Balaban J connectivity index is 1.41. The molecule has 0 unspecified atom stereocenters. The van der Waals surface area contributed by atoms with Crippen LogP contribution in [0.25, 0.3) is 0 Å². The Kier molecular flexibility index (Phi) is 3.55. The van der Waals surface area contributed by atoms with Gasteiger partial charge in [-0.1, -0.05) is 18.2 Å². The number of carbonyl (C=O) groups is 2. The van der Waals surface area contributed by atoms with E-state index in [1.165, 1.54) is 0 Å². The van der Waals surface area contributed by atoms with E-state index in [0.29, 0.717) is 6.54 Å². The molecular formula is C17H19N5O2. The maximum atomic E-state index is 12.4. The van der Waals surface area contributed by atoms with E-state index >= 15 is 0 Å². The van der Waals surface area contributed by atoms with E-state index in [2.05, 4.69) is 20.8 Å². The normalized spacial score (nSPS) is 21.8. The summed E-state index contributed by atoms with van der Waals surface area (Å²) in [5.74, 6) is 1.24. The van der Waals surface area contributed by atoms with E-state index in [4.69, 9.17) is 0 Å². The third-order valence-corrected chi connectivity index (χ3v) is 4.80. The minimum absolute atomic E-state index is 0.0550. The second-order valence-electron chi connectivity index (χ2n) is 6.41. The molecular weight excluding hydrogens is 306 g/mol. The van der Waals surface area contributed by atoms with Crippen LogP contribution >= 0.6 is 0 Å². The summed E-state index contributed by atoms with van der Waals surface area (Å²) in [5, 5.41) is 14.1. The average molecular weight is 325 g/mol. The Morgan fingerprint density at radius 1 is 1.38 bits per heavy atom. The fraction of sp³-hybridized carbons (Fsp3) is 0.412. The molecule has 0 spiro atoms. The molecule has 0 saturated heterocycles. The second kappa shape index (κ2) is 5.74. The lowest BCUT2D eigenvalue weighted by Crippen LogP contribution is -2.42. The van der Waals surface area contributed by atoms with Crippen molar-refractivity contribution in [1.82, 2.24) is 20.1 Å². The van der Waals surface area contributed by atoms with Crippen LogP contribution in [0.5, 0.6) is 0 Å². The summed E-state index contributed by atoms with van der Waals surface area (Å²) in [6.45, 7) is 2.61. The first kappa shape index (κ1) is 14.9. The summed E-state index contributed by atoms with van der Waals surface area (Å²) in [7, 11) is 0. The highest BCUT2D eigenvalue weighted by molar-refractivity contribution is 6.04. The Morgan fingerprint density at radius 3 is 3.08 bits per heavy atom. The highest BCUT2D eigenvalue weighted by Crippen LogP contribution is 2.34. The van der Waals surface area contributed by atoms with Crippen molar-refractivity contribution in [3.8, 4) is 0 Å². The number of amides is 2. The number of fused-ring (bicyclic) bond motifs is 2. The zero-order valence-corrected chi connectivity index (χ0v) is 13.5. The van der Waals surface area contributed by atoms with E-state index in [9.17, 15) is 9.59 Å². The number of hydrogen-bond donors (Lipinski definition) is 2. The monoisotopic (exact) mass is 325 g/mol. The smallest absolute Gasteiger partial charge is 0.232 e. The molecule has 2 amide bonds. The van der Waals surface area contributed by atoms with Crippen LogP contribution in [0.3, 0.4) is 0 Å². The van der Waals surface area contributed by atoms with Crippen molar-refractivity contribution in [3.05, 3.63) is 41.5 Å². The molecule has 1 aromatic carbocycles. The number of aromatic nitrogens is 3. The van der Waals surface area contributed by atoms with Crippen LogP contribution < -0.4 is 10.6 Å². The fourth-order valence-electron chi connectivity index (χ4n) is 3.53. The first-order valence-electron chi connectivity index (χ1n) is 8.19. The van der Waals surface area contributed by atoms with E-state index in [1.807, 2.05) is 35.8 Å². The highest BCUT2D eigenvalue weighted by Gasteiger charge is 2.32. The molecule has 4 rings (SSSR count). The number of para-hydroxylation sites is 1. The minimum atomic E-state index is -0.406. The molecule has 7 heteroatoms. The summed E-state index contributed by atoms with van der Waals surface area (Å²) in [5.41, 5.74) is 1.71. The van der Waals surface area contributed by atoms with Gasteiger partial charge in [0.05, 0.1) is 5.92 Å². The second-order valence-corrected chi connectivity index (χ2v) is 6.41. The van der Waals surface area contributed by atoms with Gasteiger partial charge in [-0.2, -0.15) is 0 Å². The predicted molar refractivity (Wildman–Crippen MR) is 87.4 cm³/mol. The molecule has 2 aromatic rings. The maximum absolute atomic E-state index is 12.4. The third kappa shape index (κ3) is 2.55. The molecule has 2 atom stereocenters. The first-order valence-corrected chi connectivity index (χ1v) is 8.19. The molecule has 2 aliphatic heterocycles. The van der Waals surface area contributed by atoms with Gasteiger partial charge in [-0.25, -0.2) is 0 Å². The lowest BCUT2D eigenvalue weighted by Gasteiger charge is -2.25. The zero-order valence-electron chi connectivity index (χ0n) is 13.5. The zero-order chi connectivity index (χ0) is 16.7. The minimum Gasteiger partial charge on any atom is -0.352 e. The van der Waals surface area contributed by atoms with Crippen LogP contribution in [-0.4, -0.2) is 32.6 Å². The van der Waals surface area contributed by atoms with Crippen LogP contribution in [0, 0.1) is 6.92 Å². The molecule has 0 radical (unpaired) electrons. The van der Waals surface area contributed by atoms with Gasteiger partial charge in [0.2, 0.25) is 11.8 Å². The Bertz CT molecular complexity index is 813. The Morgan fingerprint density at radius 2 is 2.21 bits per heavy atom. The fourth-order valence-corrected chi connectivity index (χ4v) is 3.53. The highest BCUT2D eigenvalue weighted by atomic mass is 16.2. The molecule has 2 N–H and O–H groups in total. The van der Waals surface area contributed by atoms with E-state index in [-0.39, 0.29) is 24.3 Å². The summed E-state index contributed by atoms with van der Waals surface area (Å²) < 4.78 is 2.05. The molecule has 24 heavy (non-hydrogen) atoms. The molecule has 124 valence electrons. The lowest BCUT2D eigenvalue weighted by molar-refractivity contribution is -0.125. The van der Waals surface area contributed by atoms with E-state index in [0.717, 1.165) is 35.7 Å². The maximum Gasteiger partial charge on any atom is 0.232 e. The third-order valence-electron chi connectivity index (χ3n) is 4.80. The van der Waals surface area contributed by atoms with Crippen molar-refractivity contribution >= 4 is 17.5 Å². The van der Waals surface area contributed by atoms with Gasteiger partial charge in [0.25, 0.3) is 0 Å². The molecule has 0 aliphatic carbocycles. The van der Waals surface area contributed by atoms with Crippen LogP contribution in [0.1, 0.15) is 36.0 Å². The van der Waals surface area contributed by atoms with Crippen LogP contribution in [-0.2, 0) is 22.6 Å². The molecule has 0 saturated carbocycles. The van der Waals surface area contributed by atoms with Gasteiger partial charge in [-0.3, -0.25) is 9.59 Å². The predicted octanol–water partition coefficient (Wildman–Crippen LogP) is 1.14. The van der Waals surface area contributed by atoms with E-state index < -0.39 is 5.92 Å². The van der Waals surface area contributed by atoms with E-state index in [1.54, 1.807) is 0 Å². The van der Waals surface area contributed by atoms with Crippen LogP contribution in [0.4, 0.5) is 5.69 Å². The molecule has 0 bridgehead atoms. The SMILES string of the molecule is Cc1nnc2n1C[C@H](NC(=O)C[C@H]1C(=O)Nc3ccccc31)CC2. The van der Waals surface area contributed by atoms with Crippen molar-refractivity contribution in [1.29, 1.82) is 0 Å². The molecule has 3 heterocycles. The van der Waals surface area contributed by atoms with Crippen LogP contribution in [0.15, 0.2) is 24.3 Å². The lowest BCUT2D eigenvalue weighted by atomic mass is 9.96. The topological polar surface area (TPSA) is 88.9 Å². The summed E-state index contributed by atoms with van der Waals surface area (Å²) in [6, 6.07) is 7.59. The molecule has 0 fully saturated rings.